The average molecular weight is 505 g/mol. The fourth-order valence-corrected chi connectivity index (χ4v) is 8.21. The SMILES string of the molecule is CC(c1cccc(Cl)c1N1CCC(C)(C)CC1)S(=O)(=O)c1cc(S(=O)(=O)N(C)C)cs1. The Morgan fingerprint density at radius 2 is 1.74 bits per heavy atom. The van der Waals surface area contributed by atoms with Gasteiger partial charge in [0.05, 0.1) is 20.9 Å². The Morgan fingerprint density at radius 1 is 1.13 bits per heavy atom. The van der Waals surface area contributed by atoms with Crippen molar-refractivity contribution >= 4 is 48.5 Å². The number of halogens is 1. The van der Waals surface area contributed by atoms with Crippen LogP contribution in [0.2, 0.25) is 5.02 Å². The van der Waals surface area contributed by atoms with Crippen LogP contribution in [0.4, 0.5) is 5.69 Å². The number of para-hydroxylation sites is 1. The van der Waals surface area contributed by atoms with Crippen molar-refractivity contribution < 1.29 is 16.8 Å². The molecule has 10 heteroatoms. The number of nitrogens with zero attached hydrogens (tertiary/aromatic N) is 2. The van der Waals surface area contributed by atoms with Gasteiger partial charge >= 0.3 is 0 Å². The van der Waals surface area contributed by atoms with Gasteiger partial charge in [-0.25, -0.2) is 21.1 Å². The van der Waals surface area contributed by atoms with Gasteiger partial charge < -0.3 is 4.90 Å². The standard InChI is InChI=1S/C21H29ClN2O4S3/c1-15(30(25,26)19-13-16(14-29-19)31(27,28)23(4)5)17-7-6-8-18(22)20(17)24-11-9-21(2,3)10-12-24/h6-8,13-15H,9-12H2,1-5H3. The molecule has 1 fully saturated rings. The van der Waals surface area contributed by atoms with Crippen LogP contribution in [-0.2, 0) is 19.9 Å². The molecule has 1 aromatic carbocycles. The van der Waals surface area contributed by atoms with E-state index in [9.17, 15) is 16.8 Å². The molecule has 0 amide bonds. The molecule has 0 N–H and O–H groups in total. The Labute approximate surface area is 194 Å². The Balaban J connectivity index is 1.99. The predicted molar refractivity (Wildman–Crippen MR) is 127 cm³/mol. The maximum Gasteiger partial charge on any atom is 0.243 e. The van der Waals surface area contributed by atoms with E-state index in [1.807, 2.05) is 0 Å². The van der Waals surface area contributed by atoms with Crippen LogP contribution >= 0.6 is 22.9 Å². The van der Waals surface area contributed by atoms with Crippen LogP contribution in [0.25, 0.3) is 0 Å². The van der Waals surface area contributed by atoms with Crippen LogP contribution in [-0.4, -0.2) is 48.3 Å². The lowest BCUT2D eigenvalue weighted by molar-refractivity contribution is 0.279. The Hall–Kier alpha value is -1.13. The minimum absolute atomic E-state index is 0.0159. The van der Waals surface area contributed by atoms with Gasteiger partial charge in [-0.2, -0.15) is 0 Å². The zero-order valence-corrected chi connectivity index (χ0v) is 21.6. The van der Waals surface area contributed by atoms with Gasteiger partial charge in [0, 0.05) is 32.6 Å². The summed E-state index contributed by atoms with van der Waals surface area (Å²) in [4.78, 5) is 2.16. The molecule has 0 saturated carbocycles. The van der Waals surface area contributed by atoms with Crippen molar-refractivity contribution in [2.24, 2.45) is 5.41 Å². The van der Waals surface area contributed by atoms with Gasteiger partial charge in [0.1, 0.15) is 4.21 Å². The molecule has 0 radical (unpaired) electrons. The van der Waals surface area contributed by atoms with E-state index in [1.54, 1.807) is 25.1 Å². The Kier molecular flexibility index (Phi) is 6.85. The van der Waals surface area contributed by atoms with Crippen LogP contribution in [0.15, 0.2) is 38.8 Å². The first-order valence-electron chi connectivity index (χ1n) is 10.1. The molecule has 1 atom stereocenters. The van der Waals surface area contributed by atoms with E-state index in [-0.39, 0.29) is 14.5 Å². The first-order chi connectivity index (χ1) is 14.3. The molecule has 31 heavy (non-hydrogen) atoms. The van der Waals surface area contributed by atoms with Crippen LogP contribution in [0.1, 0.15) is 44.4 Å². The third-order valence-corrected chi connectivity index (χ3v) is 11.8. The second-order valence-corrected chi connectivity index (χ2v) is 14.9. The monoisotopic (exact) mass is 504 g/mol. The topological polar surface area (TPSA) is 74.8 Å². The average Bonchev–Trinajstić information content (AvgIpc) is 3.19. The third kappa shape index (κ3) is 4.80. The molecule has 1 aromatic heterocycles. The molecule has 2 heterocycles. The molecule has 0 aliphatic carbocycles. The molecule has 0 bridgehead atoms. The summed E-state index contributed by atoms with van der Waals surface area (Å²) in [7, 11) is -4.67. The van der Waals surface area contributed by atoms with Gasteiger partial charge in [-0.1, -0.05) is 37.6 Å². The molecule has 1 unspecified atom stereocenters. The number of benzene rings is 1. The van der Waals surface area contributed by atoms with Crippen molar-refractivity contribution in [1.29, 1.82) is 0 Å². The second kappa shape index (κ2) is 8.67. The van der Waals surface area contributed by atoms with Crippen LogP contribution < -0.4 is 4.90 Å². The first kappa shape index (κ1) is 24.5. The number of hydrogen-bond donors (Lipinski definition) is 0. The molecule has 6 nitrogen and oxygen atoms in total. The molecule has 1 aliphatic heterocycles. The van der Waals surface area contributed by atoms with Gasteiger partial charge in [-0.15, -0.1) is 11.3 Å². The first-order valence-corrected chi connectivity index (χ1v) is 14.3. The summed E-state index contributed by atoms with van der Waals surface area (Å²) < 4.78 is 52.7. The van der Waals surface area contributed by atoms with E-state index in [0.717, 1.165) is 47.3 Å². The molecule has 0 spiro atoms. The van der Waals surface area contributed by atoms with E-state index >= 15 is 0 Å². The smallest absolute Gasteiger partial charge is 0.243 e. The van der Waals surface area contributed by atoms with E-state index < -0.39 is 25.1 Å². The summed E-state index contributed by atoms with van der Waals surface area (Å²) in [6.07, 6.45) is 1.99. The number of sulfonamides is 1. The van der Waals surface area contributed by atoms with E-state index in [2.05, 4.69) is 18.7 Å². The lowest BCUT2D eigenvalue weighted by atomic mass is 9.82. The van der Waals surface area contributed by atoms with Crippen molar-refractivity contribution in [3.05, 3.63) is 40.2 Å². The highest BCUT2D eigenvalue weighted by molar-refractivity contribution is 7.94. The highest BCUT2D eigenvalue weighted by Crippen LogP contribution is 2.42. The van der Waals surface area contributed by atoms with Crippen molar-refractivity contribution in [1.82, 2.24) is 4.31 Å². The lowest BCUT2D eigenvalue weighted by Gasteiger charge is -2.39. The van der Waals surface area contributed by atoms with Crippen LogP contribution in [0.5, 0.6) is 0 Å². The van der Waals surface area contributed by atoms with Crippen molar-refractivity contribution in [2.45, 2.75) is 48.0 Å². The fourth-order valence-electron chi connectivity index (χ4n) is 3.67. The minimum Gasteiger partial charge on any atom is -0.370 e. The number of anilines is 1. The summed E-state index contributed by atoms with van der Waals surface area (Å²) in [5.74, 6) is 0. The molecule has 1 saturated heterocycles. The zero-order chi connectivity index (χ0) is 23.2. The summed E-state index contributed by atoms with van der Waals surface area (Å²) >= 11 is 7.48. The fraction of sp³-hybridized carbons (Fsp3) is 0.524. The summed E-state index contributed by atoms with van der Waals surface area (Å²) in [6.45, 7) is 7.72. The molecule has 2 aromatic rings. The largest absolute Gasteiger partial charge is 0.370 e. The third-order valence-electron chi connectivity index (χ3n) is 5.96. The summed E-state index contributed by atoms with van der Waals surface area (Å²) in [5.41, 5.74) is 1.65. The van der Waals surface area contributed by atoms with Gasteiger partial charge in [-0.3, -0.25) is 0 Å². The number of hydrogen-bond acceptors (Lipinski definition) is 6. The van der Waals surface area contributed by atoms with Crippen molar-refractivity contribution in [3.63, 3.8) is 0 Å². The van der Waals surface area contributed by atoms with Gasteiger partial charge in [0.15, 0.2) is 9.84 Å². The second-order valence-electron chi connectivity index (χ2n) is 8.91. The maximum absolute atomic E-state index is 13.4. The van der Waals surface area contributed by atoms with Crippen molar-refractivity contribution in [3.8, 4) is 0 Å². The number of sulfone groups is 1. The summed E-state index contributed by atoms with van der Waals surface area (Å²) in [5, 5.41) is 1.03. The van der Waals surface area contributed by atoms with Gasteiger partial charge in [0.2, 0.25) is 10.0 Å². The lowest BCUT2D eigenvalue weighted by Crippen LogP contribution is -2.38. The van der Waals surface area contributed by atoms with Crippen molar-refractivity contribution in [2.75, 3.05) is 32.1 Å². The molecule has 3 rings (SSSR count). The molecular formula is C21H29ClN2O4S3. The normalized spacial score (nSPS) is 18.4. The van der Waals surface area contributed by atoms with E-state index in [1.165, 1.54) is 25.5 Å². The highest BCUT2D eigenvalue weighted by atomic mass is 35.5. The minimum atomic E-state index is -3.81. The van der Waals surface area contributed by atoms with Crippen LogP contribution in [0.3, 0.4) is 0 Å². The molecule has 1 aliphatic rings. The molecule has 172 valence electrons. The van der Waals surface area contributed by atoms with Gasteiger partial charge in [0.25, 0.3) is 0 Å². The number of rotatable bonds is 6. The van der Waals surface area contributed by atoms with E-state index in [4.69, 9.17) is 11.6 Å². The number of piperidine rings is 1. The Bertz CT molecular complexity index is 1160. The maximum atomic E-state index is 13.4. The van der Waals surface area contributed by atoms with E-state index in [0.29, 0.717) is 10.6 Å². The summed E-state index contributed by atoms with van der Waals surface area (Å²) in [6, 6.07) is 6.59. The zero-order valence-electron chi connectivity index (χ0n) is 18.4. The quantitative estimate of drug-likeness (QED) is 0.564. The highest BCUT2D eigenvalue weighted by Gasteiger charge is 2.34. The molecular weight excluding hydrogens is 476 g/mol. The van der Waals surface area contributed by atoms with Crippen LogP contribution in [0, 0.1) is 5.41 Å². The number of thiophene rings is 1. The Morgan fingerprint density at radius 3 is 2.32 bits per heavy atom. The van der Waals surface area contributed by atoms with Gasteiger partial charge in [-0.05, 0) is 42.9 Å². The predicted octanol–water partition coefficient (Wildman–Crippen LogP) is 4.81.